The first-order chi connectivity index (χ1) is 10.6. The smallest absolute Gasteiger partial charge is 0.258 e. The van der Waals surface area contributed by atoms with Gasteiger partial charge in [0.1, 0.15) is 12.0 Å². The average Bonchev–Trinajstić information content (AvgIpc) is 2.54. The van der Waals surface area contributed by atoms with Gasteiger partial charge in [-0.25, -0.2) is 4.39 Å². The van der Waals surface area contributed by atoms with Gasteiger partial charge in [0.25, 0.3) is 5.91 Å². The molecule has 0 aliphatic carbocycles. The fraction of sp³-hybridized carbons (Fsp3) is 0.278. The number of halogens is 1. The molecule has 1 N–H and O–H groups in total. The van der Waals surface area contributed by atoms with Crippen LogP contribution in [0.4, 0.5) is 10.1 Å². The third-order valence-corrected chi connectivity index (χ3v) is 4.19. The van der Waals surface area contributed by atoms with E-state index in [0.717, 1.165) is 17.7 Å². The summed E-state index contributed by atoms with van der Waals surface area (Å²) in [5, 5.41) is 3.37. The summed E-state index contributed by atoms with van der Waals surface area (Å²) in [5.41, 5.74) is 2.21. The van der Waals surface area contributed by atoms with Crippen molar-refractivity contribution in [1.29, 1.82) is 0 Å². The Balaban J connectivity index is 2.09. The van der Waals surface area contributed by atoms with Gasteiger partial charge in [0.15, 0.2) is 0 Å². The second-order valence-electron chi connectivity index (χ2n) is 5.62. The molecule has 0 saturated heterocycles. The molecule has 1 aliphatic heterocycles. The number of carbonyl (C=O) groups is 1. The number of amides is 1. The van der Waals surface area contributed by atoms with Crippen LogP contribution in [0.3, 0.4) is 0 Å². The van der Waals surface area contributed by atoms with E-state index in [-0.39, 0.29) is 23.9 Å². The van der Waals surface area contributed by atoms with E-state index in [4.69, 9.17) is 0 Å². The van der Waals surface area contributed by atoms with Gasteiger partial charge in [0, 0.05) is 11.7 Å². The molecule has 3 nitrogen and oxygen atoms in total. The number of anilines is 1. The molecule has 3 rings (SSSR count). The van der Waals surface area contributed by atoms with Crippen LogP contribution in [-0.2, 0) is 0 Å². The maximum Gasteiger partial charge on any atom is 0.258 e. The summed E-state index contributed by atoms with van der Waals surface area (Å²) in [4.78, 5) is 14.7. The van der Waals surface area contributed by atoms with E-state index >= 15 is 0 Å². The molecule has 0 unspecified atom stereocenters. The maximum atomic E-state index is 13.6. The number of hydrogen-bond donors (Lipinski definition) is 1. The molecule has 0 spiro atoms. The van der Waals surface area contributed by atoms with E-state index in [1.54, 1.807) is 11.0 Å². The third-order valence-electron chi connectivity index (χ3n) is 4.19. The number of para-hydroxylation sites is 1. The summed E-state index contributed by atoms with van der Waals surface area (Å²) in [5.74, 6) is -0.312. The quantitative estimate of drug-likeness (QED) is 0.921. The molecule has 114 valence electrons. The molecule has 0 aromatic heterocycles. The van der Waals surface area contributed by atoms with Crippen molar-refractivity contribution in [3.8, 4) is 0 Å². The standard InChI is InChI=1S/C18H19FN2O/c1-3-12(2)21-17(13-7-6-8-14(19)11-13)20-16-10-5-4-9-15(16)18(21)22/h4-12,17,20H,3H2,1-2H3/t12-,17-/m0/s1. The highest BCUT2D eigenvalue weighted by atomic mass is 19.1. The second kappa shape index (κ2) is 5.79. The summed E-state index contributed by atoms with van der Waals surface area (Å²) in [6, 6.07) is 13.9. The molecular formula is C18H19FN2O. The topological polar surface area (TPSA) is 32.3 Å². The van der Waals surface area contributed by atoms with Gasteiger partial charge in [-0.2, -0.15) is 0 Å². The molecule has 2 aromatic carbocycles. The number of carbonyl (C=O) groups excluding carboxylic acids is 1. The lowest BCUT2D eigenvalue weighted by molar-refractivity contribution is 0.0593. The van der Waals surface area contributed by atoms with Crippen LogP contribution in [0.1, 0.15) is 42.4 Å². The number of hydrogen-bond acceptors (Lipinski definition) is 2. The van der Waals surface area contributed by atoms with Crippen molar-refractivity contribution in [2.24, 2.45) is 0 Å². The molecule has 0 fully saturated rings. The molecule has 1 amide bonds. The highest BCUT2D eigenvalue weighted by molar-refractivity contribution is 6.01. The molecule has 0 saturated carbocycles. The molecule has 1 heterocycles. The highest BCUT2D eigenvalue weighted by Crippen LogP contribution is 2.35. The monoisotopic (exact) mass is 298 g/mol. The first kappa shape index (κ1) is 14.6. The first-order valence-corrected chi connectivity index (χ1v) is 7.55. The Morgan fingerprint density at radius 1 is 1.23 bits per heavy atom. The minimum atomic E-state index is -0.354. The van der Waals surface area contributed by atoms with Crippen LogP contribution in [0.15, 0.2) is 48.5 Å². The van der Waals surface area contributed by atoms with Gasteiger partial charge < -0.3 is 10.2 Å². The van der Waals surface area contributed by atoms with Crippen molar-refractivity contribution >= 4 is 11.6 Å². The van der Waals surface area contributed by atoms with Gasteiger partial charge in [-0.3, -0.25) is 4.79 Å². The summed E-state index contributed by atoms with van der Waals surface area (Å²) < 4.78 is 13.6. The van der Waals surface area contributed by atoms with Crippen LogP contribution >= 0.6 is 0 Å². The molecule has 2 aromatic rings. The normalized spacial score (nSPS) is 18.6. The van der Waals surface area contributed by atoms with Gasteiger partial charge in [0.2, 0.25) is 0 Å². The van der Waals surface area contributed by atoms with E-state index in [0.29, 0.717) is 5.56 Å². The Labute approximate surface area is 129 Å². The Bertz CT molecular complexity index is 701. The summed E-state index contributed by atoms with van der Waals surface area (Å²) in [6.07, 6.45) is 0.481. The fourth-order valence-corrected chi connectivity index (χ4v) is 2.84. The maximum absolute atomic E-state index is 13.6. The van der Waals surface area contributed by atoms with Gasteiger partial charge in [-0.15, -0.1) is 0 Å². The Kier molecular flexibility index (Phi) is 3.84. The van der Waals surface area contributed by atoms with Gasteiger partial charge in [-0.05, 0) is 43.2 Å². The lowest BCUT2D eigenvalue weighted by atomic mass is 10.0. The Morgan fingerprint density at radius 2 is 2.00 bits per heavy atom. The van der Waals surface area contributed by atoms with Gasteiger partial charge >= 0.3 is 0 Å². The van der Waals surface area contributed by atoms with Crippen molar-refractivity contribution in [2.45, 2.75) is 32.5 Å². The van der Waals surface area contributed by atoms with Crippen molar-refractivity contribution < 1.29 is 9.18 Å². The molecule has 4 heteroatoms. The predicted molar refractivity (Wildman–Crippen MR) is 85.1 cm³/mol. The predicted octanol–water partition coefficient (Wildman–Crippen LogP) is 4.19. The summed E-state index contributed by atoms with van der Waals surface area (Å²) in [7, 11) is 0. The van der Waals surface area contributed by atoms with Crippen molar-refractivity contribution in [1.82, 2.24) is 4.90 Å². The molecule has 2 atom stereocenters. The van der Waals surface area contributed by atoms with E-state index in [9.17, 15) is 9.18 Å². The zero-order valence-electron chi connectivity index (χ0n) is 12.7. The SMILES string of the molecule is CC[C@H](C)N1C(=O)c2ccccc2N[C@@H]1c1cccc(F)c1. The fourth-order valence-electron chi connectivity index (χ4n) is 2.84. The van der Waals surface area contributed by atoms with Crippen LogP contribution in [0, 0.1) is 5.82 Å². The van der Waals surface area contributed by atoms with Crippen molar-refractivity contribution in [3.63, 3.8) is 0 Å². The minimum absolute atomic E-state index is 0.0158. The Morgan fingerprint density at radius 3 is 2.73 bits per heavy atom. The van der Waals surface area contributed by atoms with Crippen LogP contribution in [0.2, 0.25) is 0 Å². The van der Waals surface area contributed by atoms with Gasteiger partial charge in [0.05, 0.1) is 5.56 Å². The Hall–Kier alpha value is -2.36. The molecule has 22 heavy (non-hydrogen) atoms. The van der Waals surface area contributed by atoms with Crippen LogP contribution < -0.4 is 5.32 Å². The molecule has 0 bridgehead atoms. The van der Waals surface area contributed by atoms with E-state index in [1.807, 2.05) is 44.2 Å². The van der Waals surface area contributed by atoms with Crippen LogP contribution in [0.5, 0.6) is 0 Å². The largest absolute Gasteiger partial charge is 0.361 e. The van der Waals surface area contributed by atoms with Gasteiger partial charge in [-0.1, -0.05) is 31.2 Å². The molecular weight excluding hydrogens is 279 g/mol. The van der Waals surface area contributed by atoms with Crippen LogP contribution in [-0.4, -0.2) is 16.8 Å². The highest BCUT2D eigenvalue weighted by Gasteiger charge is 2.35. The first-order valence-electron chi connectivity index (χ1n) is 7.55. The zero-order valence-corrected chi connectivity index (χ0v) is 12.7. The zero-order chi connectivity index (χ0) is 15.7. The van der Waals surface area contributed by atoms with Crippen molar-refractivity contribution in [3.05, 3.63) is 65.5 Å². The van der Waals surface area contributed by atoms with E-state index in [1.165, 1.54) is 12.1 Å². The third kappa shape index (κ3) is 2.45. The summed E-state index contributed by atoms with van der Waals surface area (Å²) in [6.45, 7) is 4.06. The lowest BCUT2D eigenvalue weighted by Gasteiger charge is -2.41. The second-order valence-corrected chi connectivity index (χ2v) is 5.62. The lowest BCUT2D eigenvalue weighted by Crippen LogP contribution is -2.47. The molecule has 1 aliphatic rings. The number of nitrogens with one attached hydrogen (secondary N) is 1. The number of fused-ring (bicyclic) bond motifs is 1. The van der Waals surface area contributed by atoms with Crippen molar-refractivity contribution in [2.75, 3.05) is 5.32 Å². The number of nitrogens with zero attached hydrogens (tertiary/aromatic N) is 1. The summed E-state index contributed by atoms with van der Waals surface area (Å²) >= 11 is 0. The number of rotatable bonds is 3. The van der Waals surface area contributed by atoms with E-state index < -0.39 is 0 Å². The average molecular weight is 298 g/mol. The molecule has 0 radical (unpaired) electrons. The van der Waals surface area contributed by atoms with Crippen LogP contribution in [0.25, 0.3) is 0 Å². The number of benzene rings is 2. The van der Waals surface area contributed by atoms with E-state index in [2.05, 4.69) is 5.32 Å². The minimum Gasteiger partial charge on any atom is -0.361 e.